The molecule has 0 bridgehead atoms. The quantitative estimate of drug-likeness (QED) is 0.0264. The lowest BCUT2D eigenvalue weighted by molar-refractivity contribution is -0.161. The van der Waals surface area contributed by atoms with Gasteiger partial charge in [-0.2, -0.15) is 0 Å². The zero-order valence-corrected chi connectivity index (χ0v) is 51.2. The Hall–Kier alpha value is -1.77. The van der Waals surface area contributed by atoms with Crippen molar-refractivity contribution in [3.8, 4) is 0 Å². The van der Waals surface area contributed by atoms with Gasteiger partial charge in [-0.25, -0.2) is 4.57 Å². The third-order valence-corrected chi connectivity index (χ3v) is 15.8. The second-order valence-electron chi connectivity index (χ2n) is 22.3. The summed E-state index contributed by atoms with van der Waals surface area (Å²) < 4.78 is 33.0. The predicted molar refractivity (Wildman–Crippen MR) is 326 cm³/mol. The SMILES string of the molecule is CCCCCCC/C=C\C/C=C\C/C=C\CCCCCCCCCCCCCCCCCCCCCCCCCCCCC(=O)OC(COC(=O)CCCCCCCCCCCCCCCC)COP(=O)(O)OCCN. The molecule has 0 aromatic rings. The summed E-state index contributed by atoms with van der Waals surface area (Å²) in [7, 11) is -4.38. The van der Waals surface area contributed by atoms with E-state index >= 15 is 0 Å². The molecule has 448 valence electrons. The van der Waals surface area contributed by atoms with Gasteiger partial charge in [-0.05, 0) is 51.4 Å². The summed E-state index contributed by atoms with van der Waals surface area (Å²) in [5, 5.41) is 0. The van der Waals surface area contributed by atoms with E-state index < -0.39 is 26.5 Å². The summed E-state index contributed by atoms with van der Waals surface area (Å²) in [6, 6.07) is 0. The van der Waals surface area contributed by atoms with Gasteiger partial charge in [0.25, 0.3) is 0 Å². The Morgan fingerprint density at radius 3 is 1.01 bits per heavy atom. The van der Waals surface area contributed by atoms with Crippen molar-refractivity contribution in [3.05, 3.63) is 36.5 Å². The molecule has 0 aliphatic rings. The van der Waals surface area contributed by atoms with Crippen molar-refractivity contribution in [2.24, 2.45) is 5.73 Å². The number of nitrogens with two attached hydrogens (primary N) is 1. The third kappa shape index (κ3) is 61.4. The molecule has 0 rings (SSSR count). The van der Waals surface area contributed by atoms with Crippen LogP contribution in [-0.4, -0.2) is 49.3 Å². The van der Waals surface area contributed by atoms with E-state index in [0.29, 0.717) is 6.42 Å². The molecule has 0 saturated heterocycles. The van der Waals surface area contributed by atoms with Crippen LogP contribution < -0.4 is 5.73 Å². The predicted octanol–water partition coefficient (Wildman–Crippen LogP) is 21.1. The van der Waals surface area contributed by atoms with Crippen LogP contribution in [0.15, 0.2) is 36.5 Å². The maximum absolute atomic E-state index is 12.7. The molecule has 0 aromatic heterocycles. The third-order valence-electron chi connectivity index (χ3n) is 14.8. The Labute approximate surface area is 471 Å². The van der Waals surface area contributed by atoms with Gasteiger partial charge in [-0.15, -0.1) is 0 Å². The Kier molecular flexibility index (Phi) is 61.0. The van der Waals surface area contributed by atoms with Crippen LogP contribution in [0.3, 0.4) is 0 Å². The molecule has 0 amide bonds. The fourth-order valence-electron chi connectivity index (χ4n) is 9.88. The van der Waals surface area contributed by atoms with Gasteiger partial charge in [0, 0.05) is 19.4 Å². The number of phosphoric ester groups is 1. The molecule has 3 N–H and O–H groups in total. The van der Waals surface area contributed by atoms with Gasteiger partial charge >= 0.3 is 19.8 Å². The van der Waals surface area contributed by atoms with E-state index in [4.69, 9.17) is 24.3 Å². The Morgan fingerprint density at radius 1 is 0.395 bits per heavy atom. The first-order valence-corrected chi connectivity index (χ1v) is 34.5. The molecule has 2 unspecified atom stereocenters. The van der Waals surface area contributed by atoms with Gasteiger partial charge in [0.05, 0.1) is 13.2 Å². The highest BCUT2D eigenvalue weighted by Gasteiger charge is 2.26. The van der Waals surface area contributed by atoms with Crippen molar-refractivity contribution < 1.29 is 37.6 Å². The summed E-state index contributed by atoms with van der Waals surface area (Å²) in [4.78, 5) is 35.2. The van der Waals surface area contributed by atoms with Gasteiger partial charge in [0.15, 0.2) is 6.10 Å². The normalized spacial score (nSPS) is 13.2. The molecule has 0 radical (unpaired) electrons. The van der Waals surface area contributed by atoms with Crippen LogP contribution in [0.4, 0.5) is 0 Å². The summed E-state index contributed by atoms with van der Waals surface area (Å²) in [5.41, 5.74) is 5.38. The van der Waals surface area contributed by atoms with E-state index in [9.17, 15) is 19.0 Å². The van der Waals surface area contributed by atoms with Crippen molar-refractivity contribution in [3.63, 3.8) is 0 Å². The maximum atomic E-state index is 12.7. The highest BCUT2D eigenvalue weighted by atomic mass is 31.2. The average molecular weight is 1090 g/mol. The smallest absolute Gasteiger partial charge is 0.462 e. The molecule has 0 saturated carbocycles. The summed E-state index contributed by atoms with van der Waals surface area (Å²) >= 11 is 0. The number of carbonyl (C=O) groups excluding carboxylic acids is 2. The number of unbranched alkanes of at least 4 members (excludes halogenated alkanes) is 44. The van der Waals surface area contributed by atoms with Crippen molar-refractivity contribution >= 4 is 19.8 Å². The highest BCUT2D eigenvalue weighted by Crippen LogP contribution is 2.43. The van der Waals surface area contributed by atoms with Gasteiger partial charge in [-0.3, -0.25) is 18.6 Å². The second-order valence-corrected chi connectivity index (χ2v) is 23.8. The van der Waals surface area contributed by atoms with Crippen LogP contribution in [0.2, 0.25) is 0 Å². The number of phosphoric acid groups is 1. The lowest BCUT2D eigenvalue weighted by Crippen LogP contribution is -2.29. The average Bonchev–Trinajstić information content (AvgIpc) is 3.41. The molecule has 2 atom stereocenters. The molecular formula is C66H126NO8P. The largest absolute Gasteiger partial charge is 0.472 e. The van der Waals surface area contributed by atoms with Crippen LogP contribution in [0.5, 0.6) is 0 Å². The monoisotopic (exact) mass is 1090 g/mol. The minimum absolute atomic E-state index is 0.0568. The lowest BCUT2D eigenvalue weighted by Gasteiger charge is -2.19. The molecular weight excluding hydrogens is 966 g/mol. The summed E-state index contributed by atoms with van der Waals surface area (Å²) in [5.74, 6) is -0.808. The molecule has 0 spiro atoms. The first-order chi connectivity index (χ1) is 37.3. The Balaban J connectivity index is 3.71. The summed E-state index contributed by atoms with van der Waals surface area (Å²) in [6.45, 7) is 3.78. The molecule has 9 nitrogen and oxygen atoms in total. The van der Waals surface area contributed by atoms with Crippen molar-refractivity contribution in [2.45, 2.75) is 347 Å². The van der Waals surface area contributed by atoms with Gasteiger partial charge in [-0.1, -0.05) is 314 Å². The first-order valence-electron chi connectivity index (χ1n) is 33.0. The molecule has 0 aromatic carbocycles. The molecule has 10 heteroatoms. The number of carbonyl (C=O) groups is 2. The van der Waals surface area contributed by atoms with Gasteiger partial charge < -0.3 is 20.1 Å². The minimum Gasteiger partial charge on any atom is -0.462 e. The number of hydrogen-bond acceptors (Lipinski definition) is 8. The second kappa shape index (κ2) is 62.4. The molecule has 0 aliphatic carbocycles. The van der Waals surface area contributed by atoms with Crippen LogP contribution >= 0.6 is 7.82 Å². The van der Waals surface area contributed by atoms with Crippen molar-refractivity contribution in [2.75, 3.05) is 26.4 Å². The van der Waals surface area contributed by atoms with Crippen LogP contribution in [0.1, 0.15) is 341 Å². The molecule has 0 fully saturated rings. The minimum atomic E-state index is -4.38. The standard InChI is InChI=1S/C66H126NO8P/c1-3-5-7-9-11-13-15-17-19-20-21-22-23-24-25-26-27-28-29-30-31-32-33-34-35-36-37-38-39-40-41-42-43-44-45-47-49-51-53-55-57-59-66(69)75-64(63-74-76(70,71)73-61-60-67)62-72-65(68)58-56-54-52-50-48-46-18-16-14-12-10-8-6-4-2/h15,17,20-21,23-24,64H,3-14,16,18-19,22,25-63,67H2,1-2H3,(H,70,71)/b17-15-,21-20-,24-23-. The first kappa shape index (κ1) is 74.2. The van der Waals surface area contributed by atoms with E-state index in [1.165, 1.54) is 263 Å². The highest BCUT2D eigenvalue weighted by molar-refractivity contribution is 7.47. The number of allylic oxidation sites excluding steroid dienone is 6. The van der Waals surface area contributed by atoms with Crippen LogP contribution in [0, 0.1) is 0 Å². The molecule has 0 aliphatic heterocycles. The van der Waals surface area contributed by atoms with E-state index in [0.717, 1.165) is 44.9 Å². The van der Waals surface area contributed by atoms with Crippen molar-refractivity contribution in [1.29, 1.82) is 0 Å². The van der Waals surface area contributed by atoms with E-state index in [1.54, 1.807) is 0 Å². The summed E-state index contributed by atoms with van der Waals surface area (Å²) in [6.07, 6.45) is 76.8. The Bertz CT molecular complexity index is 1340. The van der Waals surface area contributed by atoms with E-state index in [-0.39, 0.29) is 38.6 Å². The fraction of sp³-hybridized carbons (Fsp3) is 0.879. The fourth-order valence-corrected chi connectivity index (χ4v) is 10.6. The maximum Gasteiger partial charge on any atom is 0.472 e. The van der Waals surface area contributed by atoms with Crippen LogP contribution in [-0.2, 0) is 32.7 Å². The molecule has 76 heavy (non-hydrogen) atoms. The van der Waals surface area contributed by atoms with Crippen LogP contribution in [0.25, 0.3) is 0 Å². The van der Waals surface area contributed by atoms with E-state index in [2.05, 4.69) is 50.3 Å². The zero-order chi connectivity index (χ0) is 55.2. The topological polar surface area (TPSA) is 134 Å². The lowest BCUT2D eigenvalue weighted by atomic mass is 10.0. The number of rotatable bonds is 63. The number of esters is 2. The van der Waals surface area contributed by atoms with Gasteiger partial charge in [0.2, 0.25) is 0 Å². The van der Waals surface area contributed by atoms with Gasteiger partial charge in [0.1, 0.15) is 6.61 Å². The number of hydrogen-bond donors (Lipinski definition) is 2. The van der Waals surface area contributed by atoms with E-state index in [1.807, 2.05) is 0 Å². The molecule has 0 heterocycles. The number of ether oxygens (including phenoxy) is 2. The zero-order valence-electron chi connectivity index (χ0n) is 50.3. The van der Waals surface area contributed by atoms with Crippen molar-refractivity contribution in [1.82, 2.24) is 0 Å². The Morgan fingerprint density at radius 2 is 0.684 bits per heavy atom.